The highest BCUT2D eigenvalue weighted by atomic mass is 16.3. The Kier molecular flexibility index (Phi) is 4.07. The molecule has 0 saturated heterocycles. The van der Waals surface area contributed by atoms with Crippen molar-refractivity contribution in [2.24, 2.45) is 0 Å². The van der Waals surface area contributed by atoms with Gasteiger partial charge >= 0.3 is 0 Å². The molecular formula is C15H18N2O. The molecule has 0 fully saturated rings. The largest absolute Gasteiger partial charge is 0.394 e. The first-order valence-corrected chi connectivity index (χ1v) is 6.05. The number of pyridine rings is 1. The monoisotopic (exact) mass is 242 g/mol. The Labute approximate surface area is 108 Å². The van der Waals surface area contributed by atoms with Gasteiger partial charge in [-0.3, -0.25) is 4.98 Å². The van der Waals surface area contributed by atoms with Gasteiger partial charge < -0.3 is 10.4 Å². The van der Waals surface area contributed by atoms with Crippen LogP contribution in [-0.4, -0.2) is 16.7 Å². The minimum absolute atomic E-state index is 0.0576. The van der Waals surface area contributed by atoms with Gasteiger partial charge in [-0.15, -0.1) is 0 Å². The molecule has 0 amide bonds. The van der Waals surface area contributed by atoms with E-state index in [4.69, 9.17) is 0 Å². The summed E-state index contributed by atoms with van der Waals surface area (Å²) in [6.07, 6.45) is 3.55. The number of rotatable bonds is 5. The van der Waals surface area contributed by atoms with Crippen molar-refractivity contribution < 1.29 is 5.11 Å². The number of aliphatic hydroxyl groups is 1. The summed E-state index contributed by atoms with van der Waals surface area (Å²) >= 11 is 0. The molecule has 0 bridgehead atoms. The normalized spacial score (nSPS) is 14.1. The van der Waals surface area contributed by atoms with Crippen LogP contribution in [0.1, 0.15) is 18.1 Å². The quantitative estimate of drug-likeness (QED) is 0.843. The maximum Gasteiger partial charge on any atom is 0.0652 e. The van der Waals surface area contributed by atoms with Crippen molar-refractivity contribution >= 4 is 0 Å². The Hall–Kier alpha value is -1.71. The Bertz CT molecular complexity index is 472. The van der Waals surface area contributed by atoms with Crippen molar-refractivity contribution in [3.63, 3.8) is 0 Å². The van der Waals surface area contributed by atoms with Gasteiger partial charge in [0.15, 0.2) is 0 Å². The third kappa shape index (κ3) is 2.94. The van der Waals surface area contributed by atoms with E-state index in [9.17, 15) is 5.11 Å². The van der Waals surface area contributed by atoms with E-state index in [0.29, 0.717) is 6.54 Å². The van der Waals surface area contributed by atoms with Crippen LogP contribution in [0.5, 0.6) is 0 Å². The van der Waals surface area contributed by atoms with Crippen LogP contribution in [-0.2, 0) is 12.1 Å². The van der Waals surface area contributed by atoms with E-state index in [1.807, 2.05) is 49.4 Å². The standard InChI is InChI=1S/C15H18N2O/c1-15(12-18,14-5-3-2-4-6-14)17-11-13-7-9-16-10-8-13/h2-10,17-18H,11-12H2,1H3. The zero-order valence-corrected chi connectivity index (χ0v) is 10.5. The smallest absolute Gasteiger partial charge is 0.0652 e. The van der Waals surface area contributed by atoms with E-state index in [1.54, 1.807) is 12.4 Å². The molecule has 1 unspecified atom stereocenters. The average molecular weight is 242 g/mol. The SMILES string of the molecule is CC(CO)(NCc1ccncc1)c1ccccc1. The van der Waals surface area contributed by atoms with Gasteiger partial charge in [0.1, 0.15) is 0 Å². The zero-order valence-electron chi connectivity index (χ0n) is 10.5. The summed E-state index contributed by atoms with van der Waals surface area (Å²) in [5.41, 5.74) is 1.81. The fraction of sp³-hybridized carbons (Fsp3) is 0.267. The summed E-state index contributed by atoms with van der Waals surface area (Å²) in [5, 5.41) is 13.0. The lowest BCUT2D eigenvalue weighted by molar-refractivity contribution is 0.173. The minimum Gasteiger partial charge on any atom is -0.394 e. The van der Waals surface area contributed by atoms with Crippen LogP contribution in [0.4, 0.5) is 0 Å². The van der Waals surface area contributed by atoms with Crippen molar-refractivity contribution in [2.45, 2.75) is 19.0 Å². The molecule has 2 N–H and O–H groups in total. The van der Waals surface area contributed by atoms with Gasteiger partial charge in [0, 0.05) is 18.9 Å². The molecule has 1 aromatic carbocycles. The number of hydrogen-bond donors (Lipinski definition) is 2. The number of aromatic nitrogens is 1. The Balaban J connectivity index is 2.10. The van der Waals surface area contributed by atoms with Gasteiger partial charge in [-0.2, -0.15) is 0 Å². The molecular weight excluding hydrogens is 224 g/mol. The lowest BCUT2D eigenvalue weighted by Gasteiger charge is -2.29. The lowest BCUT2D eigenvalue weighted by atomic mass is 9.92. The fourth-order valence-electron chi connectivity index (χ4n) is 1.85. The molecule has 1 atom stereocenters. The highest BCUT2D eigenvalue weighted by Crippen LogP contribution is 2.20. The van der Waals surface area contributed by atoms with Gasteiger partial charge in [-0.05, 0) is 30.2 Å². The molecule has 3 nitrogen and oxygen atoms in total. The highest BCUT2D eigenvalue weighted by molar-refractivity contribution is 5.24. The van der Waals surface area contributed by atoms with Gasteiger partial charge in [-0.1, -0.05) is 30.3 Å². The molecule has 1 heterocycles. The molecule has 2 aromatic rings. The maximum absolute atomic E-state index is 9.64. The predicted molar refractivity (Wildman–Crippen MR) is 72.0 cm³/mol. The van der Waals surface area contributed by atoms with E-state index < -0.39 is 5.54 Å². The van der Waals surface area contributed by atoms with Crippen molar-refractivity contribution in [3.8, 4) is 0 Å². The van der Waals surface area contributed by atoms with Crippen LogP contribution in [0.2, 0.25) is 0 Å². The van der Waals surface area contributed by atoms with Crippen LogP contribution in [0, 0.1) is 0 Å². The Morgan fingerprint density at radius 1 is 1.11 bits per heavy atom. The van der Waals surface area contributed by atoms with Crippen LogP contribution >= 0.6 is 0 Å². The first-order valence-electron chi connectivity index (χ1n) is 6.05. The molecule has 2 rings (SSSR count). The first-order chi connectivity index (χ1) is 8.74. The summed E-state index contributed by atoms with van der Waals surface area (Å²) in [5.74, 6) is 0. The minimum atomic E-state index is -0.426. The van der Waals surface area contributed by atoms with Gasteiger partial charge in [0.2, 0.25) is 0 Å². The number of benzene rings is 1. The van der Waals surface area contributed by atoms with E-state index in [-0.39, 0.29) is 6.61 Å². The van der Waals surface area contributed by atoms with E-state index >= 15 is 0 Å². The topological polar surface area (TPSA) is 45.1 Å². The van der Waals surface area contributed by atoms with Gasteiger partial charge in [-0.25, -0.2) is 0 Å². The number of nitrogens with zero attached hydrogens (tertiary/aromatic N) is 1. The lowest BCUT2D eigenvalue weighted by Crippen LogP contribution is -2.42. The third-order valence-electron chi connectivity index (χ3n) is 3.16. The summed E-state index contributed by atoms with van der Waals surface area (Å²) < 4.78 is 0. The molecule has 18 heavy (non-hydrogen) atoms. The number of aliphatic hydroxyl groups excluding tert-OH is 1. The zero-order chi connectivity index (χ0) is 12.8. The summed E-state index contributed by atoms with van der Waals surface area (Å²) in [6.45, 7) is 2.76. The predicted octanol–water partition coefficient (Wildman–Crippen LogP) is 2.08. The molecule has 0 aliphatic heterocycles. The molecule has 0 saturated carbocycles. The fourth-order valence-corrected chi connectivity index (χ4v) is 1.85. The van der Waals surface area contributed by atoms with Crippen LogP contribution in [0.15, 0.2) is 54.9 Å². The Morgan fingerprint density at radius 3 is 2.39 bits per heavy atom. The van der Waals surface area contributed by atoms with Crippen molar-refractivity contribution in [1.82, 2.24) is 10.3 Å². The Morgan fingerprint density at radius 2 is 1.78 bits per heavy atom. The van der Waals surface area contributed by atoms with E-state index in [0.717, 1.165) is 11.1 Å². The number of hydrogen-bond acceptors (Lipinski definition) is 3. The van der Waals surface area contributed by atoms with Crippen LogP contribution < -0.4 is 5.32 Å². The molecule has 3 heteroatoms. The molecule has 94 valence electrons. The van der Waals surface area contributed by atoms with Crippen molar-refractivity contribution in [2.75, 3.05) is 6.61 Å². The summed E-state index contributed by atoms with van der Waals surface area (Å²) in [7, 11) is 0. The van der Waals surface area contributed by atoms with Crippen molar-refractivity contribution in [1.29, 1.82) is 0 Å². The summed E-state index contributed by atoms with van der Waals surface area (Å²) in [6, 6.07) is 13.9. The van der Waals surface area contributed by atoms with Crippen molar-refractivity contribution in [3.05, 3.63) is 66.0 Å². The first kappa shape index (κ1) is 12.7. The average Bonchev–Trinajstić information content (AvgIpc) is 2.47. The molecule has 0 aliphatic carbocycles. The van der Waals surface area contributed by atoms with Crippen LogP contribution in [0.3, 0.4) is 0 Å². The second-order valence-electron chi connectivity index (χ2n) is 4.57. The highest BCUT2D eigenvalue weighted by Gasteiger charge is 2.24. The van der Waals surface area contributed by atoms with Crippen LogP contribution in [0.25, 0.3) is 0 Å². The third-order valence-corrected chi connectivity index (χ3v) is 3.16. The number of nitrogens with one attached hydrogen (secondary N) is 1. The molecule has 0 spiro atoms. The van der Waals surface area contributed by atoms with Gasteiger partial charge in [0.05, 0.1) is 12.1 Å². The van der Waals surface area contributed by atoms with E-state index in [2.05, 4.69) is 10.3 Å². The second kappa shape index (κ2) is 5.76. The van der Waals surface area contributed by atoms with Gasteiger partial charge in [0.25, 0.3) is 0 Å². The molecule has 0 aliphatic rings. The molecule has 1 aromatic heterocycles. The second-order valence-corrected chi connectivity index (χ2v) is 4.57. The summed E-state index contributed by atoms with van der Waals surface area (Å²) in [4.78, 5) is 3.99. The maximum atomic E-state index is 9.64. The van der Waals surface area contributed by atoms with E-state index in [1.165, 1.54) is 0 Å². The molecule has 0 radical (unpaired) electrons.